The number of fused-ring (bicyclic) bond motifs is 1. The summed E-state index contributed by atoms with van der Waals surface area (Å²) in [7, 11) is 0. The van der Waals surface area contributed by atoms with Crippen molar-refractivity contribution in [2.75, 3.05) is 29.5 Å². The molecule has 0 atom stereocenters. The number of thioether (sulfide) groups is 1. The van der Waals surface area contributed by atoms with Crippen LogP contribution in [-0.2, 0) is 6.54 Å². The Hall–Kier alpha value is -1.76. The van der Waals surface area contributed by atoms with Gasteiger partial charge >= 0.3 is 0 Å². The van der Waals surface area contributed by atoms with E-state index in [-0.39, 0.29) is 5.82 Å². The number of benzene rings is 1. The molecule has 0 bridgehead atoms. The van der Waals surface area contributed by atoms with Crippen LogP contribution in [0.4, 0.5) is 10.2 Å². The van der Waals surface area contributed by atoms with Crippen molar-refractivity contribution in [2.24, 2.45) is 5.73 Å². The lowest BCUT2D eigenvalue weighted by Gasteiger charge is -2.27. The highest BCUT2D eigenvalue weighted by Crippen LogP contribution is 2.33. The largest absolute Gasteiger partial charge is 0.355 e. The molecule has 1 saturated heterocycles. The number of nitrogens with two attached hydrogens (primary N) is 1. The number of rotatable bonds is 3. The zero-order valence-electron chi connectivity index (χ0n) is 13.6. The molecule has 4 nitrogen and oxygen atoms in total. The molecule has 0 aliphatic carbocycles. The normalized spacial score (nSPS) is 15.1. The molecule has 1 aliphatic heterocycles. The van der Waals surface area contributed by atoms with Gasteiger partial charge in [-0.2, -0.15) is 11.8 Å². The van der Waals surface area contributed by atoms with Gasteiger partial charge in [0.15, 0.2) is 0 Å². The van der Waals surface area contributed by atoms with Crippen molar-refractivity contribution >= 4 is 34.8 Å². The van der Waals surface area contributed by atoms with Crippen LogP contribution in [0.1, 0.15) is 5.56 Å². The molecule has 25 heavy (non-hydrogen) atoms. The Bertz CT molecular complexity index is 921. The summed E-state index contributed by atoms with van der Waals surface area (Å²) in [6.45, 7) is 2.37. The minimum absolute atomic E-state index is 0.349. The molecule has 0 spiro atoms. The van der Waals surface area contributed by atoms with E-state index in [0.717, 1.165) is 52.8 Å². The second-order valence-corrected chi connectivity index (χ2v) is 7.62. The molecule has 1 aromatic carbocycles. The summed E-state index contributed by atoms with van der Waals surface area (Å²) in [6, 6.07) is 6.43. The van der Waals surface area contributed by atoms with Gasteiger partial charge in [-0.05, 0) is 29.8 Å². The second-order valence-electron chi connectivity index (χ2n) is 5.98. The number of pyridine rings is 1. The van der Waals surface area contributed by atoms with Crippen molar-refractivity contribution < 1.29 is 4.39 Å². The van der Waals surface area contributed by atoms with E-state index in [9.17, 15) is 4.39 Å². The Kier molecular flexibility index (Phi) is 4.58. The van der Waals surface area contributed by atoms with Crippen LogP contribution in [-0.4, -0.2) is 34.0 Å². The number of hydrogen-bond donors (Lipinski definition) is 1. The van der Waals surface area contributed by atoms with E-state index >= 15 is 0 Å². The highest BCUT2D eigenvalue weighted by atomic mass is 35.5. The van der Waals surface area contributed by atoms with Crippen LogP contribution in [0.2, 0.25) is 5.02 Å². The van der Waals surface area contributed by atoms with E-state index in [0.29, 0.717) is 11.6 Å². The Morgan fingerprint density at radius 2 is 2.00 bits per heavy atom. The molecule has 2 N–H and O–H groups in total. The zero-order chi connectivity index (χ0) is 17.4. The Morgan fingerprint density at radius 3 is 2.72 bits per heavy atom. The maximum atomic E-state index is 13.4. The van der Waals surface area contributed by atoms with E-state index in [1.165, 1.54) is 12.1 Å². The minimum atomic E-state index is -0.349. The average Bonchev–Trinajstić information content (AvgIpc) is 3.04. The second kappa shape index (κ2) is 6.86. The van der Waals surface area contributed by atoms with Crippen molar-refractivity contribution in [3.8, 4) is 11.1 Å². The highest BCUT2D eigenvalue weighted by Gasteiger charge is 2.18. The fourth-order valence-corrected chi connectivity index (χ4v) is 4.37. The molecule has 7 heteroatoms. The Morgan fingerprint density at radius 1 is 1.20 bits per heavy atom. The van der Waals surface area contributed by atoms with E-state index in [2.05, 4.69) is 14.3 Å². The number of nitrogens with zero attached hydrogens (tertiary/aromatic N) is 3. The topological polar surface area (TPSA) is 46.6 Å². The number of anilines is 1. The lowest BCUT2D eigenvalue weighted by atomic mass is 10.0. The minimum Gasteiger partial charge on any atom is -0.355 e. The highest BCUT2D eigenvalue weighted by molar-refractivity contribution is 7.99. The maximum Gasteiger partial charge on any atom is 0.138 e. The summed E-state index contributed by atoms with van der Waals surface area (Å²) < 4.78 is 15.5. The monoisotopic (exact) mass is 376 g/mol. The van der Waals surface area contributed by atoms with Gasteiger partial charge in [-0.15, -0.1) is 0 Å². The zero-order valence-corrected chi connectivity index (χ0v) is 15.2. The molecule has 4 rings (SSSR count). The summed E-state index contributed by atoms with van der Waals surface area (Å²) in [4.78, 5) is 6.88. The molecular formula is C18H18ClFN4S. The third-order valence-corrected chi connectivity index (χ3v) is 5.74. The van der Waals surface area contributed by atoms with E-state index in [1.807, 2.05) is 30.2 Å². The third kappa shape index (κ3) is 3.10. The maximum absolute atomic E-state index is 13.4. The van der Waals surface area contributed by atoms with Crippen LogP contribution in [0.3, 0.4) is 0 Å². The number of hydrogen-bond acceptors (Lipinski definition) is 4. The lowest BCUT2D eigenvalue weighted by molar-refractivity contribution is 0.628. The van der Waals surface area contributed by atoms with Crippen LogP contribution in [0.15, 0.2) is 36.7 Å². The number of imidazole rings is 1. The Labute approximate surface area is 154 Å². The predicted octanol–water partition coefficient (Wildman–Crippen LogP) is 3.81. The van der Waals surface area contributed by atoms with Crippen molar-refractivity contribution in [1.29, 1.82) is 0 Å². The first-order valence-corrected chi connectivity index (χ1v) is 9.69. The van der Waals surface area contributed by atoms with Crippen molar-refractivity contribution in [3.63, 3.8) is 0 Å². The van der Waals surface area contributed by atoms with Crippen molar-refractivity contribution in [3.05, 3.63) is 53.1 Å². The Balaban J connectivity index is 1.87. The standard InChI is InChI=1S/C18H18ClFN4S/c19-16-8-13(20)1-2-14(16)15-11-24-17(7-12(15)9-21)22-10-18(24)23-3-5-25-6-4-23/h1-2,7-8,10-11H,3-6,9,21H2. The van der Waals surface area contributed by atoms with Crippen LogP contribution < -0.4 is 10.6 Å². The quantitative estimate of drug-likeness (QED) is 0.755. The first-order chi connectivity index (χ1) is 12.2. The number of aromatic nitrogens is 2. The van der Waals surface area contributed by atoms with Gasteiger partial charge in [-0.1, -0.05) is 11.6 Å². The molecule has 130 valence electrons. The van der Waals surface area contributed by atoms with Crippen LogP contribution in [0.5, 0.6) is 0 Å². The summed E-state index contributed by atoms with van der Waals surface area (Å²) in [5.41, 5.74) is 9.42. The van der Waals surface area contributed by atoms with Gasteiger partial charge in [-0.25, -0.2) is 9.37 Å². The van der Waals surface area contributed by atoms with Crippen LogP contribution >= 0.6 is 23.4 Å². The molecule has 0 saturated carbocycles. The predicted molar refractivity (Wildman–Crippen MR) is 103 cm³/mol. The van der Waals surface area contributed by atoms with Gasteiger partial charge in [-0.3, -0.25) is 4.40 Å². The van der Waals surface area contributed by atoms with Gasteiger partial charge in [0.25, 0.3) is 0 Å². The van der Waals surface area contributed by atoms with Gasteiger partial charge in [0, 0.05) is 48.5 Å². The van der Waals surface area contributed by atoms with Gasteiger partial charge in [0.05, 0.1) is 11.2 Å². The molecule has 0 amide bonds. The average molecular weight is 377 g/mol. The summed E-state index contributed by atoms with van der Waals surface area (Å²) in [5, 5.41) is 0.380. The summed E-state index contributed by atoms with van der Waals surface area (Å²) in [5.74, 6) is 2.95. The fourth-order valence-electron chi connectivity index (χ4n) is 3.20. The van der Waals surface area contributed by atoms with E-state index in [4.69, 9.17) is 17.3 Å². The molecular weight excluding hydrogens is 359 g/mol. The summed E-state index contributed by atoms with van der Waals surface area (Å²) >= 11 is 8.26. The van der Waals surface area contributed by atoms with Gasteiger partial charge in [0.2, 0.25) is 0 Å². The molecule has 3 aromatic rings. The molecule has 0 unspecified atom stereocenters. The van der Waals surface area contributed by atoms with Gasteiger partial charge < -0.3 is 10.6 Å². The van der Waals surface area contributed by atoms with Crippen molar-refractivity contribution in [2.45, 2.75) is 6.54 Å². The molecule has 3 heterocycles. The lowest BCUT2D eigenvalue weighted by Crippen LogP contribution is -2.33. The van der Waals surface area contributed by atoms with Gasteiger partial charge in [0.1, 0.15) is 17.3 Å². The van der Waals surface area contributed by atoms with Crippen molar-refractivity contribution in [1.82, 2.24) is 9.38 Å². The van der Waals surface area contributed by atoms with Crippen LogP contribution in [0.25, 0.3) is 16.8 Å². The smallest absolute Gasteiger partial charge is 0.138 e. The molecule has 0 radical (unpaired) electrons. The number of halogens is 2. The van der Waals surface area contributed by atoms with Crippen LogP contribution in [0, 0.1) is 5.82 Å². The molecule has 1 fully saturated rings. The molecule has 1 aliphatic rings. The van der Waals surface area contributed by atoms with E-state index < -0.39 is 0 Å². The van der Waals surface area contributed by atoms with E-state index in [1.54, 1.807) is 6.07 Å². The first-order valence-electron chi connectivity index (χ1n) is 8.15. The first kappa shape index (κ1) is 16.7. The fraction of sp³-hybridized carbons (Fsp3) is 0.278. The third-order valence-electron chi connectivity index (χ3n) is 4.49. The SMILES string of the molecule is NCc1cc2ncc(N3CCSCC3)n2cc1-c1ccc(F)cc1Cl. The summed E-state index contributed by atoms with van der Waals surface area (Å²) in [6.07, 6.45) is 3.92. The molecule has 2 aromatic heterocycles.